The molecule has 0 amide bonds. The zero-order chi connectivity index (χ0) is 37.8. The first kappa shape index (κ1) is 32.1. The van der Waals surface area contributed by atoms with Gasteiger partial charge in [0.2, 0.25) is 5.66 Å². The van der Waals surface area contributed by atoms with Gasteiger partial charge in [0.1, 0.15) is 29.4 Å². The molecule has 18 heteroatoms. The highest BCUT2D eigenvalue weighted by Crippen LogP contribution is 2.58. The topological polar surface area (TPSA) is 221 Å². The van der Waals surface area contributed by atoms with Crippen LogP contribution in [0.5, 0.6) is 0 Å². The first-order valence-corrected chi connectivity index (χ1v) is 17.7. The molecule has 0 saturated carbocycles. The molecule has 57 heavy (non-hydrogen) atoms. The van der Waals surface area contributed by atoms with E-state index < -0.39 is 11.7 Å². The van der Waals surface area contributed by atoms with Crippen molar-refractivity contribution in [2.24, 2.45) is 0 Å². The summed E-state index contributed by atoms with van der Waals surface area (Å²) in [6.07, 6.45) is 22.1. The molecule has 3 N–H and O–H groups in total. The fourth-order valence-corrected chi connectivity index (χ4v) is 7.60. The minimum absolute atomic E-state index is 0.367. The number of hydrogen-bond acceptors (Lipinski definition) is 15. The molecule has 0 saturated heterocycles. The van der Waals surface area contributed by atoms with Crippen molar-refractivity contribution in [1.29, 1.82) is 0 Å². The maximum atomic E-state index is 5.23. The number of rotatable bonds is 7. The second kappa shape index (κ2) is 12.9. The van der Waals surface area contributed by atoms with Crippen LogP contribution in [0.4, 0.5) is 11.6 Å². The maximum absolute atomic E-state index is 5.23. The molecule has 0 bridgehead atoms. The van der Waals surface area contributed by atoms with Crippen LogP contribution in [0, 0.1) is 0 Å². The Labute approximate surface area is 321 Å². The Hall–Kier alpha value is -8.41. The van der Waals surface area contributed by atoms with E-state index in [1.54, 1.807) is 68.2 Å². The van der Waals surface area contributed by atoms with E-state index in [1.807, 2.05) is 65.7 Å². The zero-order valence-corrected chi connectivity index (χ0v) is 29.5. The number of aromatic amines is 3. The second-order valence-electron chi connectivity index (χ2n) is 13.0. The summed E-state index contributed by atoms with van der Waals surface area (Å²) in [6.45, 7) is 0. The average molecular weight is 747 g/mol. The monoisotopic (exact) mass is 746 g/mol. The van der Waals surface area contributed by atoms with Crippen molar-refractivity contribution in [2.75, 3.05) is 9.80 Å². The van der Waals surface area contributed by atoms with Gasteiger partial charge in [-0.15, -0.1) is 0 Å². The van der Waals surface area contributed by atoms with Gasteiger partial charge in [-0.1, -0.05) is 6.07 Å². The second-order valence-corrected chi connectivity index (χ2v) is 13.0. The number of hydrogen-bond donors (Lipinski definition) is 3. The van der Waals surface area contributed by atoms with Gasteiger partial charge in [-0.05, 0) is 48.5 Å². The van der Waals surface area contributed by atoms with Crippen molar-refractivity contribution in [3.05, 3.63) is 164 Å². The molecule has 0 aliphatic carbocycles. The van der Waals surface area contributed by atoms with Crippen LogP contribution in [-0.4, -0.2) is 80.2 Å². The van der Waals surface area contributed by atoms with E-state index in [-0.39, 0.29) is 0 Å². The van der Waals surface area contributed by atoms with Gasteiger partial charge in [-0.25, -0.2) is 29.9 Å². The number of aromatic nitrogens is 16. The van der Waals surface area contributed by atoms with Crippen molar-refractivity contribution in [3.8, 4) is 0 Å². The zero-order valence-electron chi connectivity index (χ0n) is 29.5. The molecule has 2 unspecified atom stereocenters. The molecule has 0 radical (unpaired) electrons. The largest absolute Gasteiger partial charge is 0.348 e. The molecule has 10 aromatic heterocycles. The molecular formula is C39H26N18. The van der Waals surface area contributed by atoms with Crippen LogP contribution in [0.25, 0.3) is 44.2 Å². The minimum Gasteiger partial charge on any atom is -0.348 e. The Balaban J connectivity index is 1.40. The molecule has 1 aliphatic heterocycles. The standard InChI is InChI=1S/C39H26N18/c1-2-10-43-26(5-1)33-32(36-48-20-28-25(51-36)6-3-11-44-28)34(37-47-17-23-8-13-40-19-27(23)52-37)56(31-7-4-12-46-31)39(29-9-14-50-53-29,30-21-41-15-16-45-30)57(33)38-24-18-42-22-49-35(24)54-55-38/h1-22,34,46H,(H,50,53)(H,42,49,54,55). The van der Waals surface area contributed by atoms with Crippen LogP contribution >= 0.6 is 0 Å². The normalized spacial score (nSPS) is 17.2. The third-order valence-corrected chi connectivity index (χ3v) is 9.90. The van der Waals surface area contributed by atoms with Crippen molar-refractivity contribution < 1.29 is 0 Å². The Morgan fingerprint density at radius 2 is 1.61 bits per heavy atom. The Kier molecular flexibility index (Phi) is 7.24. The fraction of sp³-hybridized carbons (Fsp3) is 0.0513. The van der Waals surface area contributed by atoms with Gasteiger partial charge in [-0.2, -0.15) is 10.2 Å². The Bertz CT molecular complexity index is 3060. The average Bonchev–Trinajstić information content (AvgIpc) is 4.10. The number of anilines is 2. The lowest BCUT2D eigenvalue weighted by Crippen LogP contribution is -2.64. The van der Waals surface area contributed by atoms with Crippen molar-refractivity contribution in [2.45, 2.75) is 11.7 Å². The third-order valence-electron chi connectivity index (χ3n) is 9.90. The summed E-state index contributed by atoms with van der Waals surface area (Å²) in [4.78, 5) is 60.9. The molecule has 272 valence electrons. The summed E-state index contributed by atoms with van der Waals surface area (Å²) in [5, 5.41) is 17.4. The number of pyridine rings is 3. The number of nitrogens with one attached hydrogen (secondary N) is 3. The van der Waals surface area contributed by atoms with Crippen molar-refractivity contribution in [1.82, 2.24) is 80.2 Å². The van der Waals surface area contributed by atoms with E-state index in [9.17, 15) is 0 Å². The summed E-state index contributed by atoms with van der Waals surface area (Å²) in [7, 11) is 0. The van der Waals surface area contributed by atoms with E-state index in [4.69, 9.17) is 35.0 Å². The lowest BCUT2D eigenvalue weighted by molar-refractivity contribution is 0.412. The van der Waals surface area contributed by atoms with Crippen molar-refractivity contribution >= 4 is 55.9 Å². The highest BCUT2D eigenvalue weighted by atomic mass is 15.5. The number of H-pyrrole nitrogens is 3. The molecule has 11 heterocycles. The Morgan fingerprint density at radius 1 is 0.649 bits per heavy atom. The van der Waals surface area contributed by atoms with Gasteiger partial charge >= 0.3 is 0 Å². The van der Waals surface area contributed by atoms with E-state index in [2.05, 4.69) is 50.1 Å². The van der Waals surface area contributed by atoms with E-state index in [0.29, 0.717) is 79.2 Å². The quantitative estimate of drug-likeness (QED) is 0.199. The van der Waals surface area contributed by atoms with Crippen LogP contribution in [-0.2, 0) is 5.66 Å². The van der Waals surface area contributed by atoms with Crippen LogP contribution in [0.2, 0.25) is 0 Å². The molecule has 2 atom stereocenters. The number of nitrogens with zero attached hydrogens (tertiary/aromatic N) is 15. The van der Waals surface area contributed by atoms with Crippen LogP contribution < -0.4 is 9.80 Å². The summed E-state index contributed by atoms with van der Waals surface area (Å²) in [5.41, 5.74) is 3.66. The van der Waals surface area contributed by atoms with Gasteiger partial charge in [0, 0.05) is 61.2 Å². The molecule has 18 nitrogen and oxygen atoms in total. The Morgan fingerprint density at radius 3 is 2.47 bits per heavy atom. The third kappa shape index (κ3) is 4.93. The molecule has 10 aromatic rings. The molecule has 11 rings (SSSR count). The molecule has 0 spiro atoms. The summed E-state index contributed by atoms with van der Waals surface area (Å²) < 4.78 is 0. The van der Waals surface area contributed by atoms with Gasteiger partial charge in [0.15, 0.2) is 23.1 Å². The molecular weight excluding hydrogens is 721 g/mol. The SMILES string of the molecule is c1ccc(C2=C(c3ncc4ncccc4n3)C(c3ncc4ccncc4n3)N(c3ccc[nH]3)C(c3cnccn3)(c3ccn[nH]3)N2c2n[nH]c3ncncc23)nc1. The predicted octanol–water partition coefficient (Wildman–Crippen LogP) is 4.80. The molecule has 1 aliphatic rings. The lowest BCUT2D eigenvalue weighted by atomic mass is 9.84. The van der Waals surface area contributed by atoms with Gasteiger partial charge in [0.25, 0.3) is 0 Å². The van der Waals surface area contributed by atoms with Crippen LogP contribution in [0.1, 0.15) is 34.8 Å². The summed E-state index contributed by atoms with van der Waals surface area (Å²) in [6, 6.07) is 16.2. The van der Waals surface area contributed by atoms with Gasteiger partial charge < -0.3 is 9.88 Å². The van der Waals surface area contributed by atoms with Crippen LogP contribution in [0.15, 0.2) is 135 Å². The fourth-order valence-electron chi connectivity index (χ4n) is 7.60. The van der Waals surface area contributed by atoms with Crippen LogP contribution in [0.3, 0.4) is 0 Å². The lowest BCUT2D eigenvalue weighted by Gasteiger charge is -2.56. The van der Waals surface area contributed by atoms with Gasteiger partial charge in [0.05, 0.1) is 57.7 Å². The first-order valence-electron chi connectivity index (χ1n) is 17.7. The highest BCUT2D eigenvalue weighted by Gasteiger charge is 2.60. The summed E-state index contributed by atoms with van der Waals surface area (Å²) in [5.74, 6) is 1.86. The van der Waals surface area contributed by atoms with E-state index in [0.717, 1.165) is 5.39 Å². The maximum Gasteiger partial charge on any atom is 0.209 e. The van der Waals surface area contributed by atoms with E-state index in [1.165, 1.54) is 6.33 Å². The summed E-state index contributed by atoms with van der Waals surface area (Å²) >= 11 is 0. The van der Waals surface area contributed by atoms with E-state index >= 15 is 0 Å². The molecule has 0 fully saturated rings. The smallest absolute Gasteiger partial charge is 0.209 e. The number of fused-ring (bicyclic) bond motifs is 3. The van der Waals surface area contributed by atoms with Gasteiger partial charge in [-0.3, -0.25) is 40.0 Å². The highest BCUT2D eigenvalue weighted by molar-refractivity contribution is 6.05. The van der Waals surface area contributed by atoms with Crippen molar-refractivity contribution in [3.63, 3.8) is 0 Å². The minimum atomic E-state index is -1.53. The first-order chi connectivity index (χ1) is 28.3. The molecule has 0 aromatic carbocycles. The predicted molar refractivity (Wildman–Crippen MR) is 207 cm³/mol.